The van der Waals surface area contributed by atoms with Gasteiger partial charge in [0.2, 0.25) is 0 Å². The third-order valence-corrected chi connectivity index (χ3v) is 14.0. The Morgan fingerprint density at radius 2 is 0.867 bits per heavy atom. The maximum atomic E-state index is 13.1. The molecule has 2 fully saturated rings. The number of aliphatic hydroxyl groups excluding tert-OH is 7. The molecule has 0 aromatic carbocycles. The van der Waals surface area contributed by atoms with Crippen molar-refractivity contribution in [3.8, 4) is 0 Å². The molecule has 2 heterocycles. The quantitative estimate of drug-likeness (QED) is 0.0172. The Morgan fingerprint density at radius 1 is 0.453 bits per heavy atom. The summed E-state index contributed by atoms with van der Waals surface area (Å²) in [5.74, 6) is -0.388. The normalized spacial score (nSPS) is 25.0. The van der Waals surface area contributed by atoms with Crippen LogP contribution in [0.25, 0.3) is 0 Å². The Balaban J connectivity index is 1.71. The minimum absolute atomic E-state index is 0.0322. The van der Waals surface area contributed by atoms with Crippen LogP contribution in [-0.4, -0.2) is 142 Å². The number of hydrogen-bond acceptors (Lipinski definition) is 14. The van der Waals surface area contributed by atoms with Gasteiger partial charge >= 0.3 is 5.97 Å². The van der Waals surface area contributed by atoms with E-state index in [-0.39, 0.29) is 25.6 Å². The highest BCUT2D eigenvalue weighted by Gasteiger charge is 2.47. The van der Waals surface area contributed by atoms with Gasteiger partial charge in [-0.05, 0) is 57.8 Å². The van der Waals surface area contributed by atoms with E-state index in [9.17, 15) is 40.5 Å². The van der Waals surface area contributed by atoms with Crippen molar-refractivity contribution in [1.82, 2.24) is 0 Å². The number of carbonyl (C=O) groups is 1. The molecule has 75 heavy (non-hydrogen) atoms. The molecule has 2 saturated heterocycles. The second kappa shape index (κ2) is 47.7. The van der Waals surface area contributed by atoms with Crippen LogP contribution in [0.1, 0.15) is 219 Å². The fraction of sp³-hybridized carbons (Fsp3) is 0.820. The van der Waals surface area contributed by atoms with Crippen LogP contribution in [0.4, 0.5) is 0 Å². The summed E-state index contributed by atoms with van der Waals surface area (Å²) < 4.78 is 34.3. The Hall–Kier alpha value is -2.31. The summed E-state index contributed by atoms with van der Waals surface area (Å²) in [6.45, 7) is 3.49. The maximum Gasteiger partial charge on any atom is 0.306 e. The Morgan fingerprint density at radius 3 is 1.33 bits per heavy atom. The Labute approximate surface area is 454 Å². The first-order valence-electron chi connectivity index (χ1n) is 29.9. The van der Waals surface area contributed by atoms with Crippen LogP contribution in [0.15, 0.2) is 60.8 Å². The van der Waals surface area contributed by atoms with E-state index in [4.69, 9.17) is 28.4 Å². The molecule has 0 amide bonds. The average molecular weight is 1070 g/mol. The predicted octanol–water partition coefficient (Wildman–Crippen LogP) is 10.9. The van der Waals surface area contributed by atoms with Crippen molar-refractivity contribution < 1.29 is 69.0 Å². The third kappa shape index (κ3) is 34.3. The van der Waals surface area contributed by atoms with Crippen LogP contribution in [0.2, 0.25) is 0 Å². The van der Waals surface area contributed by atoms with Crippen molar-refractivity contribution in [2.45, 2.75) is 287 Å². The third-order valence-electron chi connectivity index (χ3n) is 14.0. The second-order valence-corrected chi connectivity index (χ2v) is 20.8. The molecule has 0 aromatic heterocycles. The molecule has 14 heteroatoms. The predicted molar refractivity (Wildman–Crippen MR) is 298 cm³/mol. The number of hydrogen-bond donors (Lipinski definition) is 7. The SMILES string of the molecule is CC/C=C\C/C=C\C/C=C\C/C=C\C/C=C\CCCCOCC(COC1OC(COC2OC(CO)C(O)C(O)C2O)C(O)C(O)C1O)OC(=O)CCCCCCCCCCCCCCCCCCCCCCCCC. The average Bonchev–Trinajstić information content (AvgIpc) is 3.41. The van der Waals surface area contributed by atoms with E-state index >= 15 is 0 Å². The molecule has 0 aromatic rings. The smallest absolute Gasteiger partial charge is 0.306 e. The second-order valence-electron chi connectivity index (χ2n) is 20.8. The summed E-state index contributed by atoms with van der Waals surface area (Å²) in [6, 6.07) is 0. The molecular formula is C61H108O14. The molecule has 0 bridgehead atoms. The topological polar surface area (TPSA) is 214 Å². The minimum atomic E-state index is -1.72. The lowest BCUT2D eigenvalue weighted by Gasteiger charge is -2.42. The number of rotatable bonds is 48. The van der Waals surface area contributed by atoms with Gasteiger partial charge in [-0.25, -0.2) is 0 Å². The van der Waals surface area contributed by atoms with E-state index in [1.54, 1.807) is 0 Å². The van der Waals surface area contributed by atoms with Gasteiger partial charge < -0.3 is 64.2 Å². The number of ether oxygens (including phenoxy) is 6. The maximum absolute atomic E-state index is 13.1. The van der Waals surface area contributed by atoms with Crippen molar-refractivity contribution in [1.29, 1.82) is 0 Å². The zero-order chi connectivity index (χ0) is 54.4. The lowest BCUT2D eigenvalue weighted by Crippen LogP contribution is -2.61. The number of esters is 1. The molecule has 0 saturated carbocycles. The first kappa shape index (κ1) is 68.8. The van der Waals surface area contributed by atoms with E-state index < -0.39 is 80.7 Å². The zero-order valence-electron chi connectivity index (χ0n) is 46.8. The van der Waals surface area contributed by atoms with Crippen LogP contribution >= 0.6 is 0 Å². The van der Waals surface area contributed by atoms with Gasteiger partial charge in [0.15, 0.2) is 12.6 Å². The standard InChI is InChI=1S/C61H108O14/c1-3-5-7-9-11-13-15-17-19-21-23-24-25-26-27-28-30-32-34-36-38-40-42-44-53(63)73-50(47-70-45-43-41-39-37-35-33-31-29-22-20-18-16-14-12-10-8-6-4-2)48-71-60-59(69)57(67)55(65)52(75-60)49-72-61-58(68)56(66)54(64)51(46-62)74-61/h6,8,12,14,18,20,29,31,35,37,50-52,54-62,64-69H,3-5,7,9-11,13,15-17,19,21-28,30,32-34,36,38-49H2,1-2H3/b8-6-,14-12-,20-18-,31-29-,37-35-. The zero-order valence-corrected chi connectivity index (χ0v) is 46.8. The van der Waals surface area contributed by atoms with E-state index in [1.807, 2.05) is 0 Å². The van der Waals surface area contributed by atoms with Gasteiger partial charge in [-0.2, -0.15) is 0 Å². The van der Waals surface area contributed by atoms with Gasteiger partial charge in [0.05, 0.1) is 26.4 Å². The molecule has 0 spiro atoms. The van der Waals surface area contributed by atoms with Crippen molar-refractivity contribution in [2.75, 3.05) is 33.0 Å². The largest absolute Gasteiger partial charge is 0.457 e. The molecule has 2 aliphatic rings. The van der Waals surface area contributed by atoms with Crippen molar-refractivity contribution in [3.63, 3.8) is 0 Å². The van der Waals surface area contributed by atoms with Crippen molar-refractivity contribution in [2.24, 2.45) is 0 Å². The van der Waals surface area contributed by atoms with Gasteiger partial charge in [0.25, 0.3) is 0 Å². The first-order chi connectivity index (χ1) is 36.6. The van der Waals surface area contributed by atoms with Gasteiger partial charge in [0.1, 0.15) is 54.9 Å². The summed E-state index contributed by atoms with van der Waals surface area (Å²) in [5, 5.41) is 72.4. The number of aliphatic hydroxyl groups is 7. The highest BCUT2D eigenvalue weighted by atomic mass is 16.7. The Bertz CT molecular complexity index is 1470. The van der Waals surface area contributed by atoms with E-state index in [0.29, 0.717) is 13.0 Å². The number of carbonyl (C=O) groups excluding carboxylic acids is 1. The summed E-state index contributed by atoms with van der Waals surface area (Å²) in [6.07, 6.45) is 42.9. The molecule has 0 aliphatic carbocycles. The van der Waals surface area contributed by atoms with Gasteiger partial charge in [-0.15, -0.1) is 0 Å². The summed E-state index contributed by atoms with van der Waals surface area (Å²) in [7, 11) is 0. The fourth-order valence-electron chi connectivity index (χ4n) is 9.25. The lowest BCUT2D eigenvalue weighted by atomic mass is 9.98. The van der Waals surface area contributed by atoms with Crippen LogP contribution in [0.3, 0.4) is 0 Å². The van der Waals surface area contributed by atoms with Crippen molar-refractivity contribution >= 4 is 5.97 Å². The van der Waals surface area contributed by atoms with Crippen LogP contribution in [-0.2, 0) is 33.2 Å². The summed E-state index contributed by atoms with van der Waals surface area (Å²) in [4.78, 5) is 13.1. The van der Waals surface area contributed by atoms with E-state index in [0.717, 1.165) is 70.6 Å². The summed E-state index contributed by atoms with van der Waals surface area (Å²) in [5.41, 5.74) is 0. The van der Waals surface area contributed by atoms with Gasteiger partial charge in [-0.3, -0.25) is 4.79 Å². The molecule has 7 N–H and O–H groups in total. The molecule has 2 rings (SSSR count). The van der Waals surface area contributed by atoms with Crippen LogP contribution < -0.4 is 0 Å². The molecule has 2 aliphatic heterocycles. The first-order valence-corrected chi connectivity index (χ1v) is 29.9. The van der Waals surface area contributed by atoms with Crippen molar-refractivity contribution in [3.05, 3.63) is 60.8 Å². The molecule has 14 nitrogen and oxygen atoms in total. The van der Waals surface area contributed by atoms with E-state index in [1.165, 1.54) is 122 Å². The summed E-state index contributed by atoms with van der Waals surface area (Å²) >= 11 is 0. The lowest BCUT2D eigenvalue weighted by molar-refractivity contribution is -0.332. The fourth-order valence-corrected chi connectivity index (χ4v) is 9.25. The van der Waals surface area contributed by atoms with Crippen LogP contribution in [0.5, 0.6) is 0 Å². The van der Waals surface area contributed by atoms with Gasteiger partial charge in [0, 0.05) is 13.0 Å². The van der Waals surface area contributed by atoms with E-state index in [2.05, 4.69) is 74.6 Å². The molecular weight excluding hydrogens is 957 g/mol. The Kier molecular flexibility index (Phi) is 43.7. The number of unbranched alkanes of at least 4 members (excludes halogenated alkanes) is 24. The van der Waals surface area contributed by atoms with Gasteiger partial charge in [-0.1, -0.05) is 216 Å². The monoisotopic (exact) mass is 1060 g/mol. The minimum Gasteiger partial charge on any atom is -0.457 e. The number of allylic oxidation sites excluding steroid dienone is 10. The molecule has 11 unspecified atom stereocenters. The molecule has 0 radical (unpaired) electrons. The highest BCUT2D eigenvalue weighted by Crippen LogP contribution is 2.27. The molecule has 11 atom stereocenters. The van der Waals surface area contributed by atoms with Crippen LogP contribution in [0, 0.1) is 0 Å². The molecule has 436 valence electrons. The highest BCUT2D eigenvalue weighted by molar-refractivity contribution is 5.69.